The third-order valence-electron chi connectivity index (χ3n) is 2.92. The van der Waals surface area contributed by atoms with Crippen molar-refractivity contribution in [3.8, 4) is 0 Å². The molecule has 0 aromatic heterocycles. The first-order valence-corrected chi connectivity index (χ1v) is 4.80. The van der Waals surface area contributed by atoms with Gasteiger partial charge in [0.05, 0.1) is 5.92 Å². The molecule has 1 heterocycles. The third-order valence-corrected chi connectivity index (χ3v) is 2.92. The fourth-order valence-electron chi connectivity index (χ4n) is 1.77. The minimum atomic E-state index is -0.201. The van der Waals surface area contributed by atoms with Crippen LogP contribution in [0.3, 0.4) is 0 Å². The Morgan fingerprint density at radius 1 is 1.38 bits per heavy atom. The van der Waals surface area contributed by atoms with Crippen molar-refractivity contribution in [2.75, 3.05) is 6.54 Å². The standard InChI is InChI=1S/C9H14N2O2/c1-6-5-11(7-3-2-4-7)9(13)10-8(6)12/h6-7H,2-5H2,1H3,(H,10,12,13). The van der Waals surface area contributed by atoms with Gasteiger partial charge in [0.25, 0.3) is 0 Å². The summed E-state index contributed by atoms with van der Waals surface area (Å²) >= 11 is 0. The highest BCUT2D eigenvalue weighted by molar-refractivity contribution is 5.97. The van der Waals surface area contributed by atoms with E-state index in [4.69, 9.17) is 0 Å². The summed E-state index contributed by atoms with van der Waals surface area (Å²) in [5.74, 6) is -0.195. The van der Waals surface area contributed by atoms with Gasteiger partial charge in [0.15, 0.2) is 0 Å². The van der Waals surface area contributed by atoms with Crippen LogP contribution in [0, 0.1) is 5.92 Å². The predicted molar refractivity (Wildman–Crippen MR) is 47.0 cm³/mol. The molecule has 2 fully saturated rings. The lowest BCUT2D eigenvalue weighted by Crippen LogP contribution is -2.58. The molecule has 1 aliphatic carbocycles. The Labute approximate surface area is 77.3 Å². The second-order valence-corrected chi connectivity index (χ2v) is 3.93. The van der Waals surface area contributed by atoms with Crippen LogP contribution >= 0.6 is 0 Å². The van der Waals surface area contributed by atoms with E-state index in [1.54, 1.807) is 4.90 Å². The van der Waals surface area contributed by atoms with E-state index < -0.39 is 0 Å². The van der Waals surface area contributed by atoms with Gasteiger partial charge < -0.3 is 4.90 Å². The molecule has 4 nitrogen and oxygen atoms in total. The van der Waals surface area contributed by atoms with Crippen molar-refractivity contribution in [3.05, 3.63) is 0 Å². The minimum absolute atomic E-state index is 0.0571. The molecule has 1 unspecified atom stereocenters. The van der Waals surface area contributed by atoms with Crippen molar-refractivity contribution in [3.63, 3.8) is 0 Å². The van der Waals surface area contributed by atoms with Crippen molar-refractivity contribution >= 4 is 11.9 Å². The van der Waals surface area contributed by atoms with Crippen LogP contribution in [0.1, 0.15) is 26.2 Å². The number of nitrogens with one attached hydrogen (secondary N) is 1. The summed E-state index contributed by atoms with van der Waals surface area (Å²) in [4.78, 5) is 24.3. The number of urea groups is 1. The molecule has 1 saturated heterocycles. The summed E-state index contributed by atoms with van der Waals surface area (Å²) in [5.41, 5.74) is 0. The van der Waals surface area contributed by atoms with E-state index in [1.165, 1.54) is 6.42 Å². The first-order valence-electron chi connectivity index (χ1n) is 4.80. The second kappa shape index (κ2) is 3.01. The molecule has 1 atom stereocenters. The first-order chi connectivity index (χ1) is 6.18. The summed E-state index contributed by atoms with van der Waals surface area (Å²) in [6, 6.07) is 0.184. The van der Waals surface area contributed by atoms with E-state index in [0.717, 1.165) is 12.8 Å². The van der Waals surface area contributed by atoms with Crippen LogP contribution in [-0.2, 0) is 4.79 Å². The van der Waals surface area contributed by atoms with Crippen LogP contribution in [0.25, 0.3) is 0 Å². The van der Waals surface area contributed by atoms with Crippen LogP contribution in [0.2, 0.25) is 0 Å². The zero-order chi connectivity index (χ0) is 9.42. The highest BCUT2D eigenvalue weighted by atomic mass is 16.2. The minimum Gasteiger partial charge on any atom is -0.321 e. The number of hydrogen-bond acceptors (Lipinski definition) is 2. The van der Waals surface area contributed by atoms with Gasteiger partial charge in [-0.25, -0.2) is 4.79 Å². The van der Waals surface area contributed by atoms with Gasteiger partial charge >= 0.3 is 6.03 Å². The fourth-order valence-corrected chi connectivity index (χ4v) is 1.77. The molecule has 72 valence electrons. The second-order valence-electron chi connectivity index (χ2n) is 3.93. The Morgan fingerprint density at radius 2 is 2.08 bits per heavy atom. The molecule has 1 aliphatic heterocycles. The monoisotopic (exact) mass is 182 g/mol. The topological polar surface area (TPSA) is 49.4 Å². The van der Waals surface area contributed by atoms with E-state index in [0.29, 0.717) is 12.6 Å². The van der Waals surface area contributed by atoms with Crippen molar-refractivity contribution in [1.82, 2.24) is 10.2 Å². The smallest absolute Gasteiger partial charge is 0.321 e. The molecule has 2 rings (SSSR count). The molecule has 0 radical (unpaired) electrons. The summed E-state index contributed by atoms with van der Waals surface area (Å²) in [6.45, 7) is 2.45. The predicted octanol–water partition coefficient (Wildman–Crippen LogP) is 0.727. The van der Waals surface area contributed by atoms with E-state index in [-0.39, 0.29) is 17.9 Å². The maximum Gasteiger partial charge on any atom is 0.324 e. The normalized spacial score (nSPS) is 29.9. The Kier molecular flexibility index (Phi) is 1.98. The summed E-state index contributed by atoms with van der Waals surface area (Å²) in [5, 5.41) is 2.38. The Hall–Kier alpha value is -1.06. The molecular formula is C9H14N2O2. The molecule has 13 heavy (non-hydrogen) atoms. The van der Waals surface area contributed by atoms with Crippen molar-refractivity contribution in [2.45, 2.75) is 32.2 Å². The van der Waals surface area contributed by atoms with Crippen molar-refractivity contribution in [2.24, 2.45) is 5.92 Å². The van der Waals surface area contributed by atoms with E-state index in [1.807, 2.05) is 6.92 Å². The first kappa shape index (κ1) is 8.53. The van der Waals surface area contributed by atoms with Gasteiger partial charge in [0, 0.05) is 12.6 Å². The molecule has 0 aromatic rings. The molecule has 1 saturated carbocycles. The maximum absolute atomic E-state index is 11.4. The van der Waals surface area contributed by atoms with Gasteiger partial charge in [-0.05, 0) is 19.3 Å². The molecule has 4 heteroatoms. The number of carbonyl (C=O) groups excluding carboxylic acids is 2. The number of imide groups is 1. The van der Waals surface area contributed by atoms with E-state index >= 15 is 0 Å². The van der Waals surface area contributed by atoms with Crippen molar-refractivity contribution in [1.29, 1.82) is 0 Å². The van der Waals surface area contributed by atoms with Crippen molar-refractivity contribution < 1.29 is 9.59 Å². The Balaban J connectivity index is 2.03. The SMILES string of the molecule is CC1CN(C2CCC2)C(=O)NC1=O. The number of rotatable bonds is 1. The van der Waals surface area contributed by atoms with Crippen LogP contribution in [0.15, 0.2) is 0 Å². The Morgan fingerprint density at radius 3 is 2.62 bits per heavy atom. The highest BCUT2D eigenvalue weighted by Gasteiger charge is 2.35. The van der Waals surface area contributed by atoms with Gasteiger partial charge in [-0.15, -0.1) is 0 Å². The summed E-state index contributed by atoms with van der Waals surface area (Å²) in [7, 11) is 0. The van der Waals surface area contributed by atoms with Gasteiger partial charge in [-0.2, -0.15) is 0 Å². The molecule has 2 aliphatic rings. The number of amides is 3. The zero-order valence-electron chi connectivity index (χ0n) is 7.75. The van der Waals surface area contributed by atoms with Gasteiger partial charge in [-0.1, -0.05) is 6.92 Å². The summed E-state index contributed by atoms with van der Waals surface area (Å²) in [6.07, 6.45) is 3.39. The maximum atomic E-state index is 11.4. The number of hydrogen-bond donors (Lipinski definition) is 1. The average molecular weight is 182 g/mol. The highest BCUT2D eigenvalue weighted by Crippen LogP contribution is 2.26. The van der Waals surface area contributed by atoms with Gasteiger partial charge in [0.2, 0.25) is 5.91 Å². The van der Waals surface area contributed by atoms with Gasteiger partial charge in [0.1, 0.15) is 0 Å². The largest absolute Gasteiger partial charge is 0.324 e. The van der Waals surface area contributed by atoms with E-state index in [2.05, 4.69) is 5.32 Å². The lowest BCUT2D eigenvalue weighted by Gasteiger charge is -2.40. The lowest BCUT2D eigenvalue weighted by molar-refractivity contribution is -0.126. The van der Waals surface area contributed by atoms with Crippen LogP contribution in [0.4, 0.5) is 4.79 Å². The lowest BCUT2D eigenvalue weighted by atomic mass is 9.90. The number of carbonyl (C=O) groups is 2. The summed E-state index contributed by atoms with van der Waals surface area (Å²) < 4.78 is 0. The fraction of sp³-hybridized carbons (Fsp3) is 0.778. The zero-order valence-corrected chi connectivity index (χ0v) is 7.75. The number of nitrogens with zero attached hydrogens (tertiary/aromatic N) is 1. The van der Waals surface area contributed by atoms with Gasteiger partial charge in [-0.3, -0.25) is 10.1 Å². The molecule has 0 bridgehead atoms. The third kappa shape index (κ3) is 1.41. The molecular weight excluding hydrogens is 168 g/mol. The van der Waals surface area contributed by atoms with Crippen LogP contribution in [-0.4, -0.2) is 29.4 Å². The van der Waals surface area contributed by atoms with Crippen LogP contribution in [0.5, 0.6) is 0 Å². The molecule has 3 amide bonds. The molecule has 1 N–H and O–H groups in total. The van der Waals surface area contributed by atoms with E-state index in [9.17, 15) is 9.59 Å². The molecule has 0 spiro atoms. The molecule has 0 aromatic carbocycles. The van der Waals surface area contributed by atoms with Crippen LogP contribution < -0.4 is 5.32 Å². The Bertz CT molecular complexity index is 248. The quantitative estimate of drug-likeness (QED) is 0.649. The average Bonchev–Trinajstić information content (AvgIpc) is 1.96.